The number of nitrogens with two attached hydrogens (primary N) is 1. The Morgan fingerprint density at radius 2 is 1.87 bits per heavy atom. The molecule has 0 aliphatic heterocycles. The van der Waals surface area contributed by atoms with Crippen molar-refractivity contribution in [2.75, 3.05) is 22.0 Å². The van der Waals surface area contributed by atoms with Gasteiger partial charge in [0.05, 0.1) is 33.9 Å². The van der Waals surface area contributed by atoms with Gasteiger partial charge in [0.25, 0.3) is 0 Å². The standard InChI is InChI=1S/C20H16ClFN6O2S/c1-31(29,30)28-18-8-11(10-25-20(18)23)15-4-5-16-19(27-15)17(6-7-24-16)26-12-2-3-14(22)13(21)9-12/h2-10,28H,1H3,(H2,23,25)(H,24,26). The average molecular weight is 459 g/mol. The molecule has 0 saturated carbocycles. The van der Waals surface area contributed by atoms with Gasteiger partial charge in [0.2, 0.25) is 10.0 Å². The van der Waals surface area contributed by atoms with E-state index in [0.717, 1.165) is 6.26 Å². The van der Waals surface area contributed by atoms with Gasteiger partial charge < -0.3 is 11.1 Å². The van der Waals surface area contributed by atoms with E-state index in [0.29, 0.717) is 33.7 Å². The molecule has 4 aromatic rings. The smallest absolute Gasteiger partial charge is 0.229 e. The van der Waals surface area contributed by atoms with Crippen LogP contribution in [0.25, 0.3) is 22.3 Å². The molecule has 0 bridgehead atoms. The van der Waals surface area contributed by atoms with Crippen molar-refractivity contribution in [1.82, 2.24) is 15.0 Å². The number of anilines is 4. The molecule has 158 valence electrons. The van der Waals surface area contributed by atoms with E-state index in [4.69, 9.17) is 17.3 Å². The number of halogens is 2. The minimum atomic E-state index is -3.53. The summed E-state index contributed by atoms with van der Waals surface area (Å²) in [6.45, 7) is 0. The predicted octanol–water partition coefficient (Wildman–Crippen LogP) is 4.18. The first-order valence-electron chi connectivity index (χ1n) is 8.91. The molecule has 0 aliphatic carbocycles. The van der Waals surface area contributed by atoms with Crippen molar-refractivity contribution in [2.24, 2.45) is 0 Å². The van der Waals surface area contributed by atoms with Crippen LogP contribution in [-0.4, -0.2) is 29.6 Å². The van der Waals surface area contributed by atoms with Gasteiger partial charge in [-0.15, -0.1) is 0 Å². The molecule has 0 radical (unpaired) electrons. The number of aromatic nitrogens is 3. The van der Waals surface area contributed by atoms with Crippen LogP contribution in [0.5, 0.6) is 0 Å². The van der Waals surface area contributed by atoms with Crippen LogP contribution < -0.4 is 15.8 Å². The Kier molecular flexibility index (Phi) is 5.34. The number of sulfonamides is 1. The Morgan fingerprint density at radius 3 is 2.61 bits per heavy atom. The highest BCUT2D eigenvalue weighted by atomic mass is 35.5. The Labute approximate surface area is 182 Å². The summed E-state index contributed by atoms with van der Waals surface area (Å²) in [5.41, 5.74) is 9.42. The summed E-state index contributed by atoms with van der Waals surface area (Å²) in [7, 11) is -3.53. The monoisotopic (exact) mass is 458 g/mol. The SMILES string of the molecule is CS(=O)(=O)Nc1cc(-c2ccc3nccc(Nc4ccc(F)c(Cl)c4)c3n2)cnc1N. The van der Waals surface area contributed by atoms with E-state index in [9.17, 15) is 12.8 Å². The number of benzene rings is 1. The molecule has 0 saturated heterocycles. The van der Waals surface area contributed by atoms with Crippen LogP contribution in [0.3, 0.4) is 0 Å². The summed E-state index contributed by atoms with van der Waals surface area (Å²) in [6.07, 6.45) is 4.15. The summed E-state index contributed by atoms with van der Waals surface area (Å²) in [4.78, 5) is 13.0. The molecule has 4 N–H and O–H groups in total. The topological polar surface area (TPSA) is 123 Å². The third-order valence-electron chi connectivity index (χ3n) is 4.29. The van der Waals surface area contributed by atoms with Crippen LogP contribution in [0.2, 0.25) is 5.02 Å². The highest BCUT2D eigenvalue weighted by molar-refractivity contribution is 7.92. The lowest BCUT2D eigenvalue weighted by atomic mass is 10.1. The lowest BCUT2D eigenvalue weighted by molar-refractivity contribution is 0.607. The molecule has 0 atom stereocenters. The van der Waals surface area contributed by atoms with Gasteiger partial charge in [-0.25, -0.2) is 22.8 Å². The molecule has 0 spiro atoms. The maximum Gasteiger partial charge on any atom is 0.229 e. The number of nitrogens with one attached hydrogen (secondary N) is 2. The van der Waals surface area contributed by atoms with Crippen LogP contribution in [0.4, 0.5) is 27.3 Å². The van der Waals surface area contributed by atoms with E-state index >= 15 is 0 Å². The number of fused-ring (bicyclic) bond motifs is 1. The van der Waals surface area contributed by atoms with Gasteiger partial charge in [-0.05, 0) is 42.5 Å². The molecule has 0 aliphatic rings. The minimum absolute atomic E-state index is 0.00383. The fraction of sp³-hybridized carbons (Fsp3) is 0.0500. The van der Waals surface area contributed by atoms with E-state index in [1.807, 2.05) is 0 Å². The van der Waals surface area contributed by atoms with Crippen LogP contribution in [0.1, 0.15) is 0 Å². The molecule has 0 fully saturated rings. The number of hydrogen-bond donors (Lipinski definition) is 3. The Morgan fingerprint density at radius 1 is 1.06 bits per heavy atom. The second-order valence-corrected chi connectivity index (χ2v) is 8.86. The fourth-order valence-electron chi connectivity index (χ4n) is 2.91. The van der Waals surface area contributed by atoms with E-state index in [1.165, 1.54) is 18.3 Å². The second-order valence-electron chi connectivity index (χ2n) is 6.71. The van der Waals surface area contributed by atoms with Crippen molar-refractivity contribution in [2.45, 2.75) is 0 Å². The average Bonchev–Trinajstić information content (AvgIpc) is 2.71. The number of nitrogens with zero attached hydrogens (tertiary/aromatic N) is 3. The lowest BCUT2D eigenvalue weighted by Gasteiger charge is -2.12. The highest BCUT2D eigenvalue weighted by Gasteiger charge is 2.12. The van der Waals surface area contributed by atoms with Gasteiger partial charge >= 0.3 is 0 Å². The number of pyridine rings is 3. The van der Waals surface area contributed by atoms with Gasteiger partial charge in [0.1, 0.15) is 17.2 Å². The summed E-state index contributed by atoms with van der Waals surface area (Å²) in [6, 6.07) is 11.1. The van der Waals surface area contributed by atoms with Crippen LogP contribution >= 0.6 is 11.6 Å². The zero-order chi connectivity index (χ0) is 22.2. The van der Waals surface area contributed by atoms with Crippen LogP contribution in [0.15, 0.2) is 54.9 Å². The first-order valence-corrected chi connectivity index (χ1v) is 11.2. The molecule has 3 heterocycles. The quantitative estimate of drug-likeness (QED) is 0.410. The largest absolute Gasteiger partial charge is 0.382 e. The summed E-state index contributed by atoms with van der Waals surface area (Å²) >= 11 is 5.87. The number of nitrogen functional groups attached to an aromatic ring is 1. The first-order chi connectivity index (χ1) is 14.7. The summed E-state index contributed by atoms with van der Waals surface area (Å²) < 4.78 is 39.0. The fourth-order valence-corrected chi connectivity index (χ4v) is 3.66. The maximum atomic E-state index is 13.5. The van der Waals surface area contributed by atoms with Crippen molar-refractivity contribution < 1.29 is 12.8 Å². The third-order valence-corrected chi connectivity index (χ3v) is 5.17. The van der Waals surface area contributed by atoms with Crippen molar-refractivity contribution in [1.29, 1.82) is 0 Å². The Balaban J connectivity index is 1.76. The summed E-state index contributed by atoms with van der Waals surface area (Å²) in [5, 5.41) is 3.16. The van der Waals surface area contributed by atoms with Gasteiger partial charge in [-0.3, -0.25) is 9.71 Å². The zero-order valence-corrected chi connectivity index (χ0v) is 17.7. The third kappa shape index (κ3) is 4.65. The number of rotatable bonds is 5. The highest BCUT2D eigenvalue weighted by Crippen LogP contribution is 2.30. The van der Waals surface area contributed by atoms with Crippen molar-refractivity contribution in [3.63, 3.8) is 0 Å². The van der Waals surface area contributed by atoms with Gasteiger partial charge in [0, 0.05) is 23.6 Å². The molecule has 3 aromatic heterocycles. The molecule has 4 rings (SSSR count). The van der Waals surface area contributed by atoms with E-state index in [2.05, 4.69) is 25.0 Å². The van der Waals surface area contributed by atoms with Crippen molar-refractivity contribution in [3.8, 4) is 11.3 Å². The molecule has 11 heteroatoms. The second kappa shape index (κ2) is 7.97. The Hall–Kier alpha value is -3.50. The Bertz CT molecular complexity index is 1410. The van der Waals surface area contributed by atoms with Crippen LogP contribution in [0, 0.1) is 5.82 Å². The van der Waals surface area contributed by atoms with E-state index in [-0.39, 0.29) is 16.5 Å². The lowest BCUT2D eigenvalue weighted by Crippen LogP contribution is -2.12. The normalized spacial score (nSPS) is 11.5. The number of hydrogen-bond acceptors (Lipinski definition) is 7. The molecule has 0 unspecified atom stereocenters. The minimum Gasteiger partial charge on any atom is -0.382 e. The zero-order valence-electron chi connectivity index (χ0n) is 16.1. The predicted molar refractivity (Wildman–Crippen MR) is 120 cm³/mol. The molecule has 31 heavy (non-hydrogen) atoms. The molecular formula is C20H16ClFN6O2S. The van der Waals surface area contributed by atoms with Gasteiger partial charge in [-0.1, -0.05) is 11.6 Å². The molecule has 0 amide bonds. The molecule has 8 nitrogen and oxygen atoms in total. The van der Waals surface area contributed by atoms with Gasteiger partial charge in [-0.2, -0.15) is 0 Å². The molecular weight excluding hydrogens is 443 g/mol. The van der Waals surface area contributed by atoms with Crippen molar-refractivity contribution >= 4 is 55.5 Å². The van der Waals surface area contributed by atoms with Crippen LogP contribution in [-0.2, 0) is 10.0 Å². The van der Waals surface area contributed by atoms with Gasteiger partial charge in [0.15, 0.2) is 0 Å². The molecule has 1 aromatic carbocycles. The maximum absolute atomic E-state index is 13.5. The van der Waals surface area contributed by atoms with Crippen molar-refractivity contribution in [3.05, 3.63) is 65.7 Å². The van der Waals surface area contributed by atoms with E-state index in [1.54, 1.807) is 36.5 Å². The van der Waals surface area contributed by atoms with E-state index < -0.39 is 15.8 Å². The summed E-state index contributed by atoms with van der Waals surface area (Å²) in [5.74, 6) is -0.464. The first kappa shape index (κ1) is 20.8.